The molecule has 4 aliphatic rings. The molecule has 2 unspecified atom stereocenters. The molecule has 11 atom stereocenters. The molecule has 5 nitrogen and oxygen atoms in total. The lowest BCUT2D eigenvalue weighted by Gasteiger charge is -2.61. The van der Waals surface area contributed by atoms with Gasteiger partial charge in [-0.05, 0) is 130 Å². The van der Waals surface area contributed by atoms with Gasteiger partial charge in [-0.1, -0.05) is 52.7 Å². The van der Waals surface area contributed by atoms with Crippen molar-refractivity contribution < 1.29 is 14.3 Å². The van der Waals surface area contributed by atoms with E-state index in [1.165, 1.54) is 44.1 Å². The van der Waals surface area contributed by atoms with Crippen LogP contribution in [0.1, 0.15) is 125 Å². The topological polar surface area (TPSA) is 95.4 Å². The molecule has 4 fully saturated rings. The molecule has 4 N–H and O–H groups in total. The zero-order valence-corrected chi connectivity index (χ0v) is 26.4. The van der Waals surface area contributed by atoms with Crippen LogP contribution >= 0.6 is 0 Å². The molecule has 4 saturated carbocycles. The Labute approximate surface area is 245 Å². The average molecular weight is 557 g/mol. The highest BCUT2D eigenvalue weighted by molar-refractivity contribution is 5.88. The van der Waals surface area contributed by atoms with E-state index in [4.69, 9.17) is 16.2 Å². The van der Waals surface area contributed by atoms with E-state index in [0.717, 1.165) is 56.3 Å². The average Bonchev–Trinajstić information content (AvgIpc) is 3.28. The first-order chi connectivity index (χ1) is 19.0. The number of esters is 1. The quantitative estimate of drug-likeness (QED) is 0.150. The number of hydrogen-bond acceptors (Lipinski definition) is 5. The lowest BCUT2D eigenvalue weighted by atomic mass is 9.44. The standard InChI is InChI=1S/C35H60N2O3/c1-7-23(4)27(21-32(38)31(37)10-8-9-19-36)33(39)40-25-15-17-34(5)24(20-25)11-12-26-29-14-13-28(22(2)3)35(29,6)18-16-30(26)34/h23-31H,2,7-21,36-37H2,1,3-6H3/t23?,24-,25+,26-,27-,28?,29-,30-,31-,34-,35+/m0/s1. The van der Waals surface area contributed by atoms with E-state index in [1.54, 1.807) is 0 Å². The fourth-order valence-electron chi connectivity index (χ4n) is 10.2. The Morgan fingerprint density at radius 2 is 1.70 bits per heavy atom. The minimum absolute atomic E-state index is 0.0149. The van der Waals surface area contributed by atoms with Crippen molar-refractivity contribution in [1.29, 1.82) is 0 Å². The van der Waals surface area contributed by atoms with Gasteiger partial charge in [0.2, 0.25) is 0 Å². The number of rotatable bonds is 12. The van der Waals surface area contributed by atoms with Gasteiger partial charge in [0.15, 0.2) is 0 Å². The first-order valence-electron chi connectivity index (χ1n) is 16.8. The largest absolute Gasteiger partial charge is 0.462 e. The molecule has 0 aromatic carbocycles. The van der Waals surface area contributed by atoms with Crippen LogP contribution in [0.5, 0.6) is 0 Å². The number of ether oxygens (including phenoxy) is 1. The molecule has 0 aromatic heterocycles. The summed E-state index contributed by atoms with van der Waals surface area (Å²) in [6.07, 6.45) is 14.5. The molecule has 0 bridgehead atoms. The van der Waals surface area contributed by atoms with Crippen molar-refractivity contribution >= 4 is 11.8 Å². The third kappa shape index (κ3) is 6.12. The molecular weight excluding hydrogens is 496 g/mol. The molecule has 4 aliphatic carbocycles. The highest BCUT2D eigenvalue weighted by Crippen LogP contribution is 2.68. The van der Waals surface area contributed by atoms with Gasteiger partial charge in [0.25, 0.3) is 0 Å². The minimum atomic E-state index is -0.514. The fourth-order valence-corrected chi connectivity index (χ4v) is 10.2. The summed E-state index contributed by atoms with van der Waals surface area (Å²) in [5.74, 6) is 3.33. The Morgan fingerprint density at radius 3 is 2.38 bits per heavy atom. The van der Waals surface area contributed by atoms with Crippen molar-refractivity contribution in [3.8, 4) is 0 Å². The highest BCUT2D eigenvalue weighted by Gasteiger charge is 2.60. The molecule has 0 radical (unpaired) electrons. The number of unbranched alkanes of at least 4 members (excludes halogenated alkanes) is 1. The summed E-state index contributed by atoms with van der Waals surface area (Å²) in [5, 5.41) is 0. The van der Waals surface area contributed by atoms with E-state index in [1.807, 2.05) is 0 Å². The van der Waals surface area contributed by atoms with Gasteiger partial charge in [0.1, 0.15) is 11.9 Å². The number of Topliss-reactive ketones (excluding diaryl/α,β-unsaturated/α-hetero) is 1. The van der Waals surface area contributed by atoms with Gasteiger partial charge in [-0.2, -0.15) is 0 Å². The second kappa shape index (κ2) is 13.0. The number of allylic oxidation sites excluding steroid dienone is 1. The molecule has 0 aliphatic heterocycles. The Kier molecular flexibility index (Phi) is 10.3. The van der Waals surface area contributed by atoms with Crippen molar-refractivity contribution in [2.45, 2.75) is 137 Å². The summed E-state index contributed by atoms with van der Waals surface area (Å²) < 4.78 is 6.25. The molecular formula is C35H60N2O3. The Bertz CT molecular complexity index is 918. The van der Waals surface area contributed by atoms with Crippen LogP contribution in [0.15, 0.2) is 12.2 Å². The van der Waals surface area contributed by atoms with E-state index in [9.17, 15) is 9.59 Å². The molecule has 0 spiro atoms. The first-order valence-corrected chi connectivity index (χ1v) is 16.8. The van der Waals surface area contributed by atoms with Crippen LogP contribution in [-0.2, 0) is 14.3 Å². The third-order valence-corrected chi connectivity index (χ3v) is 12.9. The van der Waals surface area contributed by atoms with Crippen molar-refractivity contribution in [2.24, 2.45) is 63.7 Å². The Morgan fingerprint density at radius 1 is 1.00 bits per heavy atom. The van der Waals surface area contributed by atoms with Gasteiger partial charge in [-0.25, -0.2) is 0 Å². The molecule has 0 amide bonds. The maximum absolute atomic E-state index is 13.5. The molecule has 228 valence electrons. The maximum atomic E-state index is 13.5. The van der Waals surface area contributed by atoms with Crippen LogP contribution in [0.3, 0.4) is 0 Å². The zero-order chi connectivity index (χ0) is 29.2. The minimum Gasteiger partial charge on any atom is -0.462 e. The van der Waals surface area contributed by atoms with Gasteiger partial charge in [0, 0.05) is 6.42 Å². The van der Waals surface area contributed by atoms with Gasteiger partial charge in [-0.3, -0.25) is 9.59 Å². The first kappa shape index (κ1) is 31.7. The summed E-state index contributed by atoms with van der Waals surface area (Å²) in [4.78, 5) is 26.4. The molecule has 5 heteroatoms. The van der Waals surface area contributed by atoms with Crippen molar-refractivity contribution in [1.82, 2.24) is 0 Å². The van der Waals surface area contributed by atoms with Crippen LogP contribution in [0.2, 0.25) is 0 Å². The van der Waals surface area contributed by atoms with Crippen molar-refractivity contribution in [2.75, 3.05) is 6.54 Å². The van der Waals surface area contributed by atoms with Crippen LogP contribution in [-0.4, -0.2) is 30.4 Å². The van der Waals surface area contributed by atoms with Gasteiger partial charge >= 0.3 is 5.97 Å². The second-order valence-corrected chi connectivity index (χ2v) is 15.1. The fraction of sp³-hybridized carbons (Fsp3) is 0.886. The summed E-state index contributed by atoms with van der Waals surface area (Å²) >= 11 is 0. The smallest absolute Gasteiger partial charge is 0.309 e. The Hall–Kier alpha value is -1.20. The lowest BCUT2D eigenvalue weighted by Crippen LogP contribution is -2.54. The number of ketones is 1. The van der Waals surface area contributed by atoms with Crippen molar-refractivity contribution in [3.05, 3.63) is 12.2 Å². The summed E-state index contributed by atoms with van der Waals surface area (Å²) in [6, 6.07) is -0.514. The number of hydrogen-bond donors (Lipinski definition) is 2. The number of nitrogens with two attached hydrogens (primary N) is 2. The monoisotopic (exact) mass is 556 g/mol. The SMILES string of the molecule is C=C(C)C1CC[C@H]2[C@@H]3CC[C@H]4C[C@H](OC(=O)[C@@H](CC(=O)[C@@H](N)CCCCN)C(C)CC)CC[C@]4(C)[C@H]3CC[C@]12C. The number of fused-ring (bicyclic) bond motifs is 5. The van der Waals surface area contributed by atoms with E-state index in [-0.39, 0.29) is 30.2 Å². The van der Waals surface area contributed by atoms with Gasteiger partial charge in [0.05, 0.1) is 12.0 Å². The molecule has 40 heavy (non-hydrogen) atoms. The van der Waals surface area contributed by atoms with E-state index in [2.05, 4.69) is 41.2 Å². The zero-order valence-electron chi connectivity index (χ0n) is 26.4. The Balaban J connectivity index is 1.37. The van der Waals surface area contributed by atoms with Gasteiger partial charge < -0.3 is 16.2 Å². The maximum Gasteiger partial charge on any atom is 0.309 e. The number of carbonyl (C=O) groups is 2. The van der Waals surface area contributed by atoms with Crippen LogP contribution in [0.4, 0.5) is 0 Å². The molecule has 0 aromatic rings. The number of carbonyl (C=O) groups excluding carboxylic acids is 2. The molecule has 0 saturated heterocycles. The van der Waals surface area contributed by atoms with E-state index < -0.39 is 12.0 Å². The van der Waals surface area contributed by atoms with Crippen molar-refractivity contribution in [3.63, 3.8) is 0 Å². The van der Waals surface area contributed by atoms with Gasteiger partial charge in [-0.15, -0.1) is 0 Å². The second-order valence-electron chi connectivity index (χ2n) is 15.1. The lowest BCUT2D eigenvalue weighted by molar-refractivity contribution is -0.168. The normalized spacial score (nSPS) is 39.3. The predicted octanol–water partition coefficient (Wildman–Crippen LogP) is 7.21. The summed E-state index contributed by atoms with van der Waals surface area (Å²) in [7, 11) is 0. The van der Waals surface area contributed by atoms with Crippen LogP contribution in [0, 0.1) is 52.3 Å². The molecule has 0 heterocycles. The van der Waals surface area contributed by atoms with E-state index in [0.29, 0.717) is 35.6 Å². The predicted molar refractivity (Wildman–Crippen MR) is 163 cm³/mol. The third-order valence-electron chi connectivity index (χ3n) is 12.9. The molecule has 4 rings (SSSR count). The highest BCUT2D eigenvalue weighted by atomic mass is 16.5. The van der Waals surface area contributed by atoms with Crippen LogP contribution in [0.25, 0.3) is 0 Å². The van der Waals surface area contributed by atoms with Crippen LogP contribution < -0.4 is 11.5 Å². The van der Waals surface area contributed by atoms with E-state index >= 15 is 0 Å². The summed E-state index contributed by atoms with van der Waals surface area (Å²) in [6.45, 7) is 16.6. The summed E-state index contributed by atoms with van der Waals surface area (Å²) in [5.41, 5.74) is 14.0.